The predicted molar refractivity (Wildman–Crippen MR) is 95.6 cm³/mol. The van der Waals surface area contributed by atoms with Crippen molar-refractivity contribution in [3.63, 3.8) is 0 Å². The van der Waals surface area contributed by atoms with E-state index in [1.807, 2.05) is 6.92 Å². The van der Waals surface area contributed by atoms with E-state index in [1.54, 1.807) is 0 Å². The number of alkyl carbamates (subject to hydrolysis) is 1. The number of nitrogens with one attached hydrogen (secondary N) is 2. The third-order valence-corrected chi connectivity index (χ3v) is 4.90. The molecule has 0 heterocycles. The highest BCUT2D eigenvalue weighted by Crippen LogP contribution is 2.42. The summed E-state index contributed by atoms with van der Waals surface area (Å²) in [4.78, 5) is 47.6. The highest BCUT2D eigenvalue weighted by atomic mass is 16.5. The van der Waals surface area contributed by atoms with E-state index in [4.69, 9.17) is 14.2 Å². The van der Waals surface area contributed by atoms with Crippen molar-refractivity contribution in [3.05, 3.63) is 0 Å². The van der Waals surface area contributed by atoms with Gasteiger partial charge in [-0.1, -0.05) is 13.3 Å². The SMILES string of the molecule is CCCCOC(=O)NC[C@H]1[C@@H](CNC(C)=O)[C@H](C(=O)OC)C[C@@H]1C(=O)OC. The van der Waals surface area contributed by atoms with Crippen LogP contribution in [0.4, 0.5) is 4.79 Å². The molecule has 0 unspecified atom stereocenters. The van der Waals surface area contributed by atoms with Crippen molar-refractivity contribution in [2.24, 2.45) is 23.7 Å². The Morgan fingerprint density at radius 1 is 0.926 bits per heavy atom. The van der Waals surface area contributed by atoms with Gasteiger partial charge in [0.05, 0.1) is 32.7 Å². The smallest absolute Gasteiger partial charge is 0.407 e. The molecule has 0 aliphatic heterocycles. The molecule has 154 valence electrons. The molecule has 0 bridgehead atoms. The van der Waals surface area contributed by atoms with Crippen LogP contribution >= 0.6 is 0 Å². The summed E-state index contributed by atoms with van der Waals surface area (Å²) in [5.74, 6) is -3.09. The lowest BCUT2D eigenvalue weighted by Crippen LogP contribution is -2.41. The summed E-state index contributed by atoms with van der Waals surface area (Å²) >= 11 is 0. The van der Waals surface area contributed by atoms with Gasteiger partial charge in [-0.05, 0) is 24.7 Å². The minimum atomic E-state index is -0.589. The number of unbranched alkanes of at least 4 members (excludes halogenated alkanes) is 1. The topological polar surface area (TPSA) is 120 Å². The van der Waals surface area contributed by atoms with Crippen LogP contribution in [-0.4, -0.2) is 57.9 Å². The first kappa shape index (κ1) is 22.7. The largest absolute Gasteiger partial charge is 0.469 e. The fourth-order valence-corrected chi connectivity index (χ4v) is 3.47. The highest BCUT2D eigenvalue weighted by molar-refractivity contribution is 5.79. The summed E-state index contributed by atoms with van der Waals surface area (Å²) in [5, 5.41) is 5.34. The number of carbonyl (C=O) groups is 4. The van der Waals surface area contributed by atoms with Crippen LogP contribution in [0.25, 0.3) is 0 Å². The maximum atomic E-state index is 12.2. The molecule has 0 saturated heterocycles. The molecule has 9 nitrogen and oxygen atoms in total. The zero-order valence-corrected chi connectivity index (χ0v) is 16.4. The van der Waals surface area contributed by atoms with Gasteiger partial charge in [-0.3, -0.25) is 14.4 Å². The van der Waals surface area contributed by atoms with Gasteiger partial charge in [0.2, 0.25) is 5.91 Å². The Morgan fingerprint density at radius 3 is 1.89 bits per heavy atom. The molecule has 0 aromatic heterocycles. The molecule has 0 spiro atoms. The Labute approximate surface area is 159 Å². The summed E-state index contributed by atoms with van der Waals surface area (Å²) in [6.45, 7) is 3.99. The van der Waals surface area contributed by atoms with Crippen LogP contribution in [0.3, 0.4) is 0 Å². The highest BCUT2D eigenvalue weighted by Gasteiger charge is 2.50. The van der Waals surface area contributed by atoms with Crippen molar-refractivity contribution in [3.8, 4) is 0 Å². The van der Waals surface area contributed by atoms with Gasteiger partial charge in [-0.25, -0.2) is 4.79 Å². The predicted octanol–water partition coefficient (Wildman–Crippen LogP) is 0.863. The number of rotatable bonds is 9. The van der Waals surface area contributed by atoms with Crippen molar-refractivity contribution < 1.29 is 33.4 Å². The van der Waals surface area contributed by atoms with E-state index in [9.17, 15) is 19.2 Å². The number of amides is 2. The van der Waals surface area contributed by atoms with Crippen LogP contribution < -0.4 is 10.6 Å². The van der Waals surface area contributed by atoms with Gasteiger partial charge < -0.3 is 24.8 Å². The summed E-state index contributed by atoms with van der Waals surface area (Å²) in [7, 11) is 2.56. The van der Waals surface area contributed by atoms with Crippen molar-refractivity contribution in [2.45, 2.75) is 33.1 Å². The molecule has 0 aromatic carbocycles. The lowest BCUT2D eigenvalue weighted by atomic mass is 9.86. The third kappa shape index (κ3) is 6.73. The van der Waals surface area contributed by atoms with Crippen LogP contribution in [0.5, 0.6) is 0 Å². The fourth-order valence-electron chi connectivity index (χ4n) is 3.47. The first-order valence-electron chi connectivity index (χ1n) is 9.16. The van der Waals surface area contributed by atoms with Crippen molar-refractivity contribution in [1.82, 2.24) is 10.6 Å². The van der Waals surface area contributed by atoms with E-state index in [1.165, 1.54) is 21.1 Å². The Bertz CT molecular complexity index is 538. The summed E-state index contributed by atoms with van der Waals surface area (Å²) in [6.07, 6.45) is 1.32. The second kappa shape index (κ2) is 11.4. The summed E-state index contributed by atoms with van der Waals surface area (Å²) in [5.41, 5.74) is 0. The third-order valence-electron chi connectivity index (χ3n) is 4.90. The van der Waals surface area contributed by atoms with E-state index in [2.05, 4.69) is 10.6 Å². The number of hydrogen-bond donors (Lipinski definition) is 2. The molecule has 1 aliphatic carbocycles. The Hall–Kier alpha value is -2.32. The lowest BCUT2D eigenvalue weighted by Gasteiger charge is -2.25. The molecule has 27 heavy (non-hydrogen) atoms. The zero-order valence-electron chi connectivity index (χ0n) is 16.4. The maximum absolute atomic E-state index is 12.2. The standard InChI is InChI=1S/C18H30N2O7/c1-5-6-7-27-18(24)20-10-15-13(17(23)26-4)8-12(16(22)25-3)14(15)9-19-11(2)21/h12-15H,5-10H2,1-4H3,(H,19,21)(H,20,24)/t12-,13+,14+,15-/m1/s1. The van der Waals surface area contributed by atoms with Gasteiger partial charge in [0.15, 0.2) is 0 Å². The molecule has 2 amide bonds. The molecule has 1 saturated carbocycles. The molecular weight excluding hydrogens is 356 g/mol. The first-order chi connectivity index (χ1) is 12.8. The van der Waals surface area contributed by atoms with Crippen LogP contribution in [0.15, 0.2) is 0 Å². The Balaban J connectivity index is 2.90. The molecule has 0 radical (unpaired) electrons. The molecule has 9 heteroatoms. The van der Waals surface area contributed by atoms with Crippen molar-refractivity contribution in [1.29, 1.82) is 0 Å². The average Bonchev–Trinajstić information content (AvgIpc) is 3.02. The van der Waals surface area contributed by atoms with Gasteiger partial charge in [0.25, 0.3) is 0 Å². The molecule has 1 aliphatic rings. The van der Waals surface area contributed by atoms with E-state index in [0.717, 1.165) is 12.8 Å². The molecular formula is C18H30N2O7. The van der Waals surface area contributed by atoms with Gasteiger partial charge in [-0.2, -0.15) is 0 Å². The van der Waals surface area contributed by atoms with Crippen molar-refractivity contribution in [2.75, 3.05) is 33.9 Å². The van der Waals surface area contributed by atoms with Gasteiger partial charge >= 0.3 is 18.0 Å². The number of hydrogen-bond acceptors (Lipinski definition) is 7. The van der Waals surface area contributed by atoms with E-state index >= 15 is 0 Å². The molecule has 0 aromatic rings. The second-order valence-corrected chi connectivity index (χ2v) is 6.63. The van der Waals surface area contributed by atoms with Crippen molar-refractivity contribution >= 4 is 23.9 Å². The number of carbonyl (C=O) groups excluding carboxylic acids is 4. The lowest BCUT2D eigenvalue weighted by molar-refractivity contribution is -0.147. The van der Waals surface area contributed by atoms with Crippen LogP contribution in [-0.2, 0) is 28.6 Å². The van der Waals surface area contributed by atoms with Crippen LogP contribution in [0, 0.1) is 23.7 Å². The first-order valence-corrected chi connectivity index (χ1v) is 9.16. The van der Waals surface area contributed by atoms with E-state index in [0.29, 0.717) is 6.61 Å². The van der Waals surface area contributed by atoms with Crippen LogP contribution in [0.2, 0.25) is 0 Å². The molecule has 1 rings (SSSR count). The zero-order chi connectivity index (χ0) is 20.4. The second-order valence-electron chi connectivity index (χ2n) is 6.63. The van der Waals surface area contributed by atoms with Crippen LogP contribution in [0.1, 0.15) is 33.1 Å². The number of esters is 2. The van der Waals surface area contributed by atoms with E-state index < -0.39 is 35.8 Å². The van der Waals surface area contributed by atoms with Gasteiger partial charge in [0, 0.05) is 20.0 Å². The normalized spacial score (nSPS) is 24.0. The molecule has 2 N–H and O–H groups in total. The Morgan fingerprint density at radius 2 is 1.44 bits per heavy atom. The van der Waals surface area contributed by atoms with Gasteiger partial charge in [0.1, 0.15) is 0 Å². The monoisotopic (exact) mass is 386 g/mol. The minimum Gasteiger partial charge on any atom is -0.469 e. The number of methoxy groups -OCH3 is 2. The minimum absolute atomic E-state index is 0.127. The fraction of sp³-hybridized carbons (Fsp3) is 0.778. The Kier molecular flexibility index (Phi) is 9.60. The number of ether oxygens (including phenoxy) is 3. The summed E-state index contributed by atoms with van der Waals surface area (Å²) < 4.78 is 14.8. The maximum Gasteiger partial charge on any atom is 0.407 e. The average molecular weight is 386 g/mol. The van der Waals surface area contributed by atoms with E-state index in [-0.39, 0.29) is 31.3 Å². The molecule has 4 atom stereocenters. The van der Waals surface area contributed by atoms with Gasteiger partial charge in [-0.15, -0.1) is 0 Å². The summed E-state index contributed by atoms with van der Waals surface area (Å²) in [6, 6.07) is 0. The molecule has 1 fully saturated rings. The quantitative estimate of drug-likeness (QED) is 0.343.